The summed E-state index contributed by atoms with van der Waals surface area (Å²) in [6.45, 7) is 2.23. The molecule has 1 N–H and O–H groups in total. The van der Waals surface area contributed by atoms with Gasteiger partial charge in [0.1, 0.15) is 11.5 Å². The van der Waals surface area contributed by atoms with Gasteiger partial charge in [-0.3, -0.25) is 0 Å². The molecule has 1 aromatic rings. The standard InChI is InChI=1S/C16H24O3/c1-4-11-5-6-12(7-11)16(17)13-8-14(18-2)10-15(9-13)19-3/h8-12,16-17H,4-7H2,1-3H3. The molecule has 0 aromatic heterocycles. The molecule has 3 nitrogen and oxygen atoms in total. The summed E-state index contributed by atoms with van der Waals surface area (Å²) < 4.78 is 10.5. The van der Waals surface area contributed by atoms with Crippen LogP contribution in [0.1, 0.15) is 44.3 Å². The Balaban J connectivity index is 2.16. The quantitative estimate of drug-likeness (QED) is 0.883. The van der Waals surface area contributed by atoms with Gasteiger partial charge < -0.3 is 14.6 Å². The van der Waals surface area contributed by atoms with Gasteiger partial charge in [0.15, 0.2) is 0 Å². The van der Waals surface area contributed by atoms with Gasteiger partial charge in [0.05, 0.1) is 20.3 Å². The van der Waals surface area contributed by atoms with Crippen LogP contribution in [0.25, 0.3) is 0 Å². The van der Waals surface area contributed by atoms with E-state index < -0.39 is 6.10 Å². The normalized spacial score (nSPS) is 24.2. The van der Waals surface area contributed by atoms with E-state index >= 15 is 0 Å². The highest BCUT2D eigenvalue weighted by molar-refractivity contribution is 5.39. The van der Waals surface area contributed by atoms with Crippen LogP contribution in [0, 0.1) is 11.8 Å². The van der Waals surface area contributed by atoms with Crippen molar-refractivity contribution in [2.45, 2.75) is 38.7 Å². The smallest absolute Gasteiger partial charge is 0.122 e. The lowest BCUT2D eigenvalue weighted by molar-refractivity contribution is 0.108. The number of ether oxygens (including phenoxy) is 2. The molecule has 1 fully saturated rings. The fourth-order valence-electron chi connectivity index (χ4n) is 3.04. The first-order chi connectivity index (χ1) is 9.17. The zero-order chi connectivity index (χ0) is 13.8. The summed E-state index contributed by atoms with van der Waals surface area (Å²) in [5, 5.41) is 10.6. The zero-order valence-corrected chi connectivity index (χ0v) is 12.1. The molecule has 2 rings (SSSR count). The molecule has 3 unspecified atom stereocenters. The predicted octanol–water partition coefficient (Wildman–Crippen LogP) is 3.56. The van der Waals surface area contributed by atoms with E-state index in [1.54, 1.807) is 14.2 Å². The molecule has 0 amide bonds. The first-order valence-corrected chi connectivity index (χ1v) is 7.09. The molecule has 0 aliphatic heterocycles. The van der Waals surface area contributed by atoms with Crippen molar-refractivity contribution in [1.29, 1.82) is 0 Å². The van der Waals surface area contributed by atoms with Crippen molar-refractivity contribution in [3.8, 4) is 11.5 Å². The van der Waals surface area contributed by atoms with Gasteiger partial charge in [0.2, 0.25) is 0 Å². The summed E-state index contributed by atoms with van der Waals surface area (Å²) in [6, 6.07) is 5.65. The van der Waals surface area contributed by atoms with E-state index in [-0.39, 0.29) is 0 Å². The molecule has 106 valence electrons. The van der Waals surface area contributed by atoms with Crippen molar-refractivity contribution < 1.29 is 14.6 Å². The number of methoxy groups -OCH3 is 2. The van der Waals surface area contributed by atoms with Crippen LogP contribution in [-0.4, -0.2) is 19.3 Å². The van der Waals surface area contributed by atoms with Gasteiger partial charge in [0, 0.05) is 6.07 Å². The lowest BCUT2D eigenvalue weighted by atomic mass is 9.92. The number of hydrogen-bond donors (Lipinski definition) is 1. The number of hydrogen-bond acceptors (Lipinski definition) is 3. The number of rotatable bonds is 5. The van der Waals surface area contributed by atoms with Gasteiger partial charge in [-0.1, -0.05) is 19.8 Å². The molecule has 0 spiro atoms. The number of aliphatic hydroxyl groups excluding tert-OH is 1. The number of aliphatic hydroxyl groups is 1. The van der Waals surface area contributed by atoms with Gasteiger partial charge in [-0.25, -0.2) is 0 Å². The molecule has 3 heteroatoms. The third-order valence-electron chi connectivity index (χ3n) is 4.32. The van der Waals surface area contributed by atoms with Gasteiger partial charge in [-0.2, -0.15) is 0 Å². The lowest BCUT2D eigenvalue weighted by Crippen LogP contribution is -2.10. The monoisotopic (exact) mass is 264 g/mol. The third kappa shape index (κ3) is 3.21. The first kappa shape index (κ1) is 14.2. The zero-order valence-electron chi connectivity index (χ0n) is 12.1. The molecule has 0 radical (unpaired) electrons. The van der Waals surface area contributed by atoms with Crippen LogP contribution in [0.3, 0.4) is 0 Å². The molecule has 0 bridgehead atoms. The van der Waals surface area contributed by atoms with Crippen LogP contribution < -0.4 is 9.47 Å². The van der Waals surface area contributed by atoms with Crippen molar-refractivity contribution in [2.75, 3.05) is 14.2 Å². The van der Waals surface area contributed by atoms with E-state index in [1.165, 1.54) is 12.8 Å². The summed E-state index contributed by atoms with van der Waals surface area (Å²) in [7, 11) is 3.27. The van der Waals surface area contributed by atoms with E-state index in [0.717, 1.165) is 35.8 Å². The summed E-state index contributed by atoms with van der Waals surface area (Å²) >= 11 is 0. The summed E-state index contributed by atoms with van der Waals surface area (Å²) in [5.41, 5.74) is 0.901. The second-order valence-corrected chi connectivity index (χ2v) is 5.44. The topological polar surface area (TPSA) is 38.7 Å². The maximum Gasteiger partial charge on any atom is 0.122 e. The van der Waals surface area contributed by atoms with Crippen LogP contribution in [0.15, 0.2) is 18.2 Å². The second-order valence-electron chi connectivity index (χ2n) is 5.44. The Morgan fingerprint density at radius 2 is 1.79 bits per heavy atom. The van der Waals surface area contributed by atoms with Crippen LogP contribution in [-0.2, 0) is 0 Å². The first-order valence-electron chi connectivity index (χ1n) is 7.09. The Morgan fingerprint density at radius 1 is 1.16 bits per heavy atom. The van der Waals surface area contributed by atoms with Gasteiger partial charge in [-0.15, -0.1) is 0 Å². The fraction of sp³-hybridized carbons (Fsp3) is 0.625. The van der Waals surface area contributed by atoms with Crippen molar-refractivity contribution in [3.05, 3.63) is 23.8 Å². The summed E-state index contributed by atoms with van der Waals surface area (Å²) in [4.78, 5) is 0. The number of benzene rings is 1. The Kier molecular flexibility index (Phi) is 4.70. The molecule has 1 saturated carbocycles. The second kappa shape index (κ2) is 6.29. The SMILES string of the molecule is CCC1CCC(C(O)c2cc(OC)cc(OC)c2)C1. The molecular formula is C16H24O3. The molecule has 19 heavy (non-hydrogen) atoms. The van der Waals surface area contributed by atoms with Crippen molar-refractivity contribution in [2.24, 2.45) is 11.8 Å². The molecule has 1 aliphatic carbocycles. The molecule has 0 saturated heterocycles. The lowest BCUT2D eigenvalue weighted by Gasteiger charge is -2.20. The molecule has 1 aliphatic rings. The van der Waals surface area contributed by atoms with E-state index in [4.69, 9.17) is 9.47 Å². The molecule has 1 aromatic carbocycles. The van der Waals surface area contributed by atoms with Gasteiger partial charge in [0.25, 0.3) is 0 Å². The van der Waals surface area contributed by atoms with E-state index in [0.29, 0.717) is 5.92 Å². The molecular weight excluding hydrogens is 240 g/mol. The minimum absolute atomic E-state index is 0.363. The fourth-order valence-corrected chi connectivity index (χ4v) is 3.04. The summed E-state index contributed by atoms with van der Waals surface area (Å²) in [6.07, 6.45) is 4.26. The summed E-state index contributed by atoms with van der Waals surface area (Å²) in [5.74, 6) is 2.60. The highest BCUT2D eigenvalue weighted by Crippen LogP contribution is 2.41. The average molecular weight is 264 g/mol. The van der Waals surface area contributed by atoms with Gasteiger partial charge >= 0.3 is 0 Å². The predicted molar refractivity (Wildman–Crippen MR) is 75.6 cm³/mol. The van der Waals surface area contributed by atoms with Crippen molar-refractivity contribution in [3.63, 3.8) is 0 Å². The van der Waals surface area contributed by atoms with Gasteiger partial charge in [-0.05, 0) is 42.4 Å². The Morgan fingerprint density at radius 3 is 2.26 bits per heavy atom. The largest absolute Gasteiger partial charge is 0.497 e. The van der Waals surface area contributed by atoms with E-state index in [1.807, 2.05) is 18.2 Å². The Bertz CT molecular complexity index is 394. The van der Waals surface area contributed by atoms with Crippen LogP contribution in [0.4, 0.5) is 0 Å². The van der Waals surface area contributed by atoms with Crippen LogP contribution in [0.2, 0.25) is 0 Å². The van der Waals surface area contributed by atoms with Crippen LogP contribution >= 0.6 is 0 Å². The Hall–Kier alpha value is -1.22. The van der Waals surface area contributed by atoms with Crippen molar-refractivity contribution in [1.82, 2.24) is 0 Å². The van der Waals surface area contributed by atoms with Crippen molar-refractivity contribution >= 4 is 0 Å². The highest BCUT2D eigenvalue weighted by atomic mass is 16.5. The third-order valence-corrected chi connectivity index (χ3v) is 4.32. The average Bonchev–Trinajstić information content (AvgIpc) is 2.94. The maximum atomic E-state index is 10.6. The minimum atomic E-state index is -0.416. The minimum Gasteiger partial charge on any atom is -0.497 e. The van der Waals surface area contributed by atoms with Crippen LogP contribution in [0.5, 0.6) is 11.5 Å². The maximum absolute atomic E-state index is 10.6. The molecule has 0 heterocycles. The Labute approximate surface area is 115 Å². The highest BCUT2D eigenvalue weighted by Gasteiger charge is 2.30. The molecule has 3 atom stereocenters. The van der Waals surface area contributed by atoms with E-state index in [9.17, 15) is 5.11 Å². The van der Waals surface area contributed by atoms with E-state index in [2.05, 4.69) is 6.92 Å².